The molecule has 1 N–H and O–H groups in total. The van der Waals surface area contributed by atoms with Crippen LogP contribution in [0.3, 0.4) is 0 Å². The number of rotatable bonds is 5. The van der Waals surface area contributed by atoms with Crippen molar-refractivity contribution < 1.29 is 9.18 Å². The maximum absolute atomic E-state index is 14.0. The molecule has 4 nitrogen and oxygen atoms in total. The summed E-state index contributed by atoms with van der Waals surface area (Å²) in [5.41, 5.74) is 1.62. The first-order chi connectivity index (χ1) is 11.6. The summed E-state index contributed by atoms with van der Waals surface area (Å²) in [6, 6.07) is 10.1. The number of nitrogens with zero attached hydrogens (tertiary/aromatic N) is 2. The second kappa shape index (κ2) is 6.97. The molecule has 0 saturated carbocycles. The van der Waals surface area contributed by atoms with E-state index in [9.17, 15) is 9.18 Å². The van der Waals surface area contributed by atoms with Gasteiger partial charge < -0.3 is 4.90 Å². The Hall–Kier alpha value is -2.47. The molecule has 3 rings (SSSR count). The Kier molecular flexibility index (Phi) is 4.76. The number of benzene rings is 2. The molecule has 1 heterocycles. The molecule has 0 spiro atoms. The van der Waals surface area contributed by atoms with E-state index in [-0.39, 0.29) is 18.3 Å². The molecule has 6 heteroatoms. The molecular weight excluding hydrogens is 373 g/mol. The number of hydrogen-bond donors (Lipinski definition) is 1. The summed E-state index contributed by atoms with van der Waals surface area (Å²) in [5.74, 6) is -0.552. The fraction of sp³-hybridized carbons (Fsp3) is 0.111. The molecule has 3 aromatic rings. The van der Waals surface area contributed by atoms with Crippen molar-refractivity contribution in [2.45, 2.75) is 6.54 Å². The van der Waals surface area contributed by atoms with Gasteiger partial charge in [-0.1, -0.05) is 34.1 Å². The van der Waals surface area contributed by atoms with Crippen LogP contribution in [0.25, 0.3) is 10.9 Å². The van der Waals surface area contributed by atoms with Gasteiger partial charge >= 0.3 is 0 Å². The molecule has 1 amide bonds. The average molecular weight is 388 g/mol. The zero-order valence-corrected chi connectivity index (χ0v) is 14.4. The fourth-order valence-corrected chi connectivity index (χ4v) is 2.97. The Morgan fingerprint density at radius 3 is 3.00 bits per heavy atom. The van der Waals surface area contributed by atoms with Crippen LogP contribution < -0.4 is 0 Å². The number of aromatic nitrogens is 2. The van der Waals surface area contributed by atoms with Crippen LogP contribution >= 0.6 is 15.9 Å². The molecular formula is C18H15BrFN3O. The lowest BCUT2D eigenvalue weighted by Crippen LogP contribution is -2.31. The van der Waals surface area contributed by atoms with Crippen molar-refractivity contribution in [3.8, 4) is 0 Å². The average Bonchev–Trinajstić information content (AvgIpc) is 3.05. The molecule has 0 fully saturated rings. The SMILES string of the molecule is C=CCN(Cc1cc(Br)ccc1F)C(=O)c1cccc2cn[nH]c12. The molecule has 2 aromatic carbocycles. The van der Waals surface area contributed by atoms with Gasteiger partial charge in [-0.25, -0.2) is 4.39 Å². The molecule has 0 aliphatic heterocycles. The summed E-state index contributed by atoms with van der Waals surface area (Å²) in [5, 5.41) is 7.68. The van der Waals surface area contributed by atoms with Gasteiger partial charge in [0, 0.05) is 28.5 Å². The Morgan fingerprint density at radius 1 is 1.38 bits per heavy atom. The van der Waals surface area contributed by atoms with Crippen LogP contribution in [0.1, 0.15) is 15.9 Å². The molecule has 24 heavy (non-hydrogen) atoms. The lowest BCUT2D eigenvalue weighted by Gasteiger charge is -2.22. The molecule has 0 bridgehead atoms. The number of para-hydroxylation sites is 1. The van der Waals surface area contributed by atoms with E-state index < -0.39 is 0 Å². The number of fused-ring (bicyclic) bond motifs is 1. The summed E-state index contributed by atoms with van der Waals surface area (Å²) in [4.78, 5) is 14.5. The van der Waals surface area contributed by atoms with Gasteiger partial charge in [-0.05, 0) is 24.3 Å². The topological polar surface area (TPSA) is 49.0 Å². The van der Waals surface area contributed by atoms with E-state index >= 15 is 0 Å². The molecule has 0 aliphatic rings. The van der Waals surface area contributed by atoms with Crippen LogP contribution in [0.5, 0.6) is 0 Å². The maximum atomic E-state index is 14.0. The van der Waals surface area contributed by atoms with Crippen LogP contribution in [0.2, 0.25) is 0 Å². The van der Waals surface area contributed by atoms with Crippen molar-refractivity contribution in [2.24, 2.45) is 0 Å². The van der Waals surface area contributed by atoms with Crippen LogP contribution in [0.4, 0.5) is 4.39 Å². The highest BCUT2D eigenvalue weighted by Gasteiger charge is 2.19. The minimum absolute atomic E-state index is 0.153. The predicted octanol–water partition coefficient (Wildman–Crippen LogP) is 4.29. The van der Waals surface area contributed by atoms with E-state index in [4.69, 9.17) is 0 Å². The number of aromatic amines is 1. The van der Waals surface area contributed by atoms with Gasteiger partial charge in [-0.3, -0.25) is 9.89 Å². The largest absolute Gasteiger partial charge is 0.330 e. The highest BCUT2D eigenvalue weighted by molar-refractivity contribution is 9.10. The van der Waals surface area contributed by atoms with Gasteiger partial charge in [0.1, 0.15) is 5.82 Å². The number of halogens is 2. The van der Waals surface area contributed by atoms with E-state index in [0.29, 0.717) is 23.2 Å². The molecule has 1 aromatic heterocycles. The summed E-state index contributed by atoms with van der Waals surface area (Å²) in [6.07, 6.45) is 3.29. The zero-order valence-electron chi connectivity index (χ0n) is 12.8. The van der Waals surface area contributed by atoms with Gasteiger partial charge in [-0.2, -0.15) is 5.10 Å². The van der Waals surface area contributed by atoms with Crippen LogP contribution in [-0.2, 0) is 6.54 Å². The Balaban J connectivity index is 1.95. The van der Waals surface area contributed by atoms with Crippen molar-refractivity contribution in [1.29, 1.82) is 0 Å². The van der Waals surface area contributed by atoms with Crippen LogP contribution in [0.15, 0.2) is 59.7 Å². The lowest BCUT2D eigenvalue weighted by molar-refractivity contribution is 0.0763. The van der Waals surface area contributed by atoms with Crippen molar-refractivity contribution in [2.75, 3.05) is 6.54 Å². The first kappa shape index (κ1) is 16.4. The number of H-pyrrole nitrogens is 1. The normalized spacial score (nSPS) is 10.8. The summed E-state index contributed by atoms with van der Waals surface area (Å²) >= 11 is 3.33. The minimum Gasteiger partial charge on any atom is -0.330 e. The van der Waals surface area contributed by atoms with E-state index in [2.05, 4.69) is 32.7 Å². The predicted molar refractivity (Wildman–Crippen MR) is 95.1 cm³/mol. The van der Waals surface area contributed by atoms with E-state index in [0.717, 1.165) is 9.86 Å². The number of carbonyl (C=O) groups is 1. The minimum atomic E-state index is -0.347. The van der Waals surface area contributed by atoms with E-state index in [1.807, 2.05) is 6.07 Å². The highest BCUT2D eigenvalue weighted by atomic mass is 79.9. The molecule has 122 valence electrons. The summed E-state index contributed by atoms with van der Waals surface area (Å²) < 4.78 is 14.8. The Labute approximate surface area is 147 Å². The number of hydrogen-bond acceptors (Lipinski definition) is 2. The third-order valence-corrected chi connectivity index (χ3v) is 4.21. The second-order valence-electron chi connectivity index (χ2n) is 5.35. The first-order valence-corrected chi connectivity index (χ1v) is 8.15. The molecule has 0 atom stereocenters. The monoisotopic (exact) mass is 387 g/mol. The molecule has 0 saturated heterocycles. The summed E-state index contributed by atoms with van der Waals surface area (Å²) in [6.45, 7) is 4.16. The fourth-order valence-electron chi connectivity index (χ4n) is 2.56. The Bertz CT molecular complexity index is 906. The van der Waals surface area contributed by atoms with Crippen molar-refractivity contribution in [3.05, 3.63) is 76.7 Å². The van der Waals surface area contributed by atoms with E-state index in [1.54, 1.807) is 41.4 Å². The lowest BCUT2D eigenvalue weighted by atomic mass is 10.1. The molecule has 0 aliphatic carbocycles. The highest BCUT2D eigenvalue weighted by Crippen LogP contribution is 2.21. The first-order valence-electron chi connectivity index (χ1n) is 7.36. The van der Waals surface area contributed by atoms with Gasteiger partial charge in [0.05, 0.1) is 17.3 Å². The third kappa shape index (κ3) is 3.23. The standard InChI is InChI=1S/C18H15BrFN3O/c1-2-8-23(11-13-9-14(19)6-7-16(13)20)18(24)15-5-3-4-12-10-21-22-17(12)15/h2-7,9-10H,1,8,11H2,(H,21,22). The van der Waals surface area contributed by atoms with Crippen LogP contribution in [-0.4, -0.2) is 27.5 Å². The van der Waals surface area contributed by atoms with Gasteiger partial charge in [0.15, 0.2) is 0 Å². The van der Waals surface area contributed by atoms with Crippen molar-refractivity contribution in [3.63, 3.8) is 0 Å². The second-order valence-corrected chi connectivity index (χ2v) is 6.27. The Morgan fingerprint density at radius 2 is 2.21 bits per heavy atom. The number of amides is 1. The molecule has 0 unspecified atom stereocenters. The van der Waals surface area contributed by atoms with Gasteiger partial charge in [0.25, 0.3) is 5.91 Å². The maximum Gasteiger partial charge on any atom is 0.256 e. The quantitative estimate of drug-likeness (QED) is 0.663. The third-order valence-electron chi connectivity index (χ3n) is 3.71. The van der Waals surface area contributed by atoms with Crippen LogP contribution in [0, 0.1) is 5.82 Å². The summed E-state index contributed by atoms with van der Waals surface area (Å²) in [7, 11) is 0. The van der Waals surface area contributed by atoms with E-state index in [1.165, 1.54) is 6.07 Å². The van der Waals surface area contributed by atoms with Gasteiger partial charge in [0.2, 0.25) is 0 Å². The number of carbonyl (C=O) groups excluding carboxylic acids is 1. The zero-order chi connectivity index (χ0) is 17.1. The van der Waals surface area contributed by atoms with Crippen molar-refractivity contribution >= 4 is 32.7 Å². The smallest absolute Gasteiger partial charge is 0.256 e. The number of nitrogens with one attached hydrogen (secondary N) is 1. The van der Waals surface area contributed by atoms with Crippen molar-refractivity contribution in [1.82, 2.24) is 15.1 Å². The molecule has 0 radical (unpaired) electrons. The van der Waals surface area contributed by atoms with Gasteiger partial charge in [-0.15, -0.1) is 6.58 Å².